The van der Waals surface area contributed by atoms with E-state index >= 15 is 0 Å². The zero-order valence-corrected chi connectivity index (χ0v) is 17.1. The van der Waals surface area contributed by atoms with Gasteiger partial charge in [0, 0.05) is 37.9 Å². The fourth-order valence-corrected chi connectivity index (χ4v) is 3.25. The standard InChI is InChI=1S/C21H25FN8/c1-14-13-18(28-27-14)25-20-19(23)21(30-11-9-29(2)10-12-30)26-17(24-20)8-5-15-3-6-16(22)7-4-15/h3-8,13H,9-12,23H2,1-2H3,(H2,24,25,26,27,28). The Hall–Kier alpha value is -3.46. The van der Waals surface area contributed by atoms with Crippen LogP contribution in [0.4, 0.5) is 27.5 Å². The number of rotatable bonds is 5. The molecule has 0 bridgehead atoms. The van der Waals surface area contributed by atoms with Gasteiger partial charge in [0.1, 0.15) is 11.5 Å². The summed E-state index contributed by atoms with van der Waals surface area (Å²) in [6, 6.07) is 8.13. The van der Waals surface area contributed by atoms with Crippen LogP contribution in [-0.4, -0.2) is 58.3 Å². The van der Waals surface area contributed by atoms with Crippen molar-refractivity contribution in [1.29, 1.82) is 0 Å². The fraction of sp³-hybridized carbons (Fsp3) is 0.286. The van der Waals surface area contributed by atoms with Crippen molar-refractivity contribution >= 4 is 35.3 Å². The third-order valence-electron chi connectivity index (χ3n) is 4.99. The molecule has 0 radical (unpaired) electrons. The van der Waals surface area contributed by atoms with E-state index < -0.39 is 0 Å². The van der Waals surface area contributed by atoms with Gasteiger partial charge in [0.25, 0.3) is 0 Å². The number of anilines is 4. The highest BCUT2D eigenvalue weighted by Gasteiger charge is 2.21. The van der Waals surface area contributed by atoms with E-state index in [1.54, 1.807) is 18.2 Å². The lowest BCUT2D eigenvalue weighted by molar-refractivity contribution is 0.312. The number of aryl methyl sites for hydroxylation is 1. The predicted molar refractivity (Wildman–Crippen MR) is 118 cm³/mol. The molecule has 1 fully saturated rings. The van der Waals surface area contributed by atoms with Crippen LogP contribution in [0.3, 0.4) is 0 Å². The molecule has 0 unspecified atom stereocenters. The summed E-state index contributed by atoms with van der Waals surface area (Å²) in [5, 5.41) is 10.3. The molecule has 8 nitrogen and oxygen atoms in total. The highest BCUT2D eigenvalue weighted by molar-refractivity contribution is 5.80. The Morgan fingerprint density at radius 2 is 1.83 bits per heavy atom. The number of piperazine rings is 1. The van der Waals surface area contributed by atoms with Crippen molar-refractivity contribution in [3.63, 3.8) is 0 Å². The molecule has 0 atom stereocenters. The zero-order valence-electron chi connectivity index (χ0n) is 17.1. The maximum absolute atomic E-state index is 13.2. The van der Waals surface area contributed by atoms with Gasteiger partial charge in [-0.05, 0) is 37.7 Å². The second-order valence-electron chi connectivity index (χ2n) is 7.40. The van der Waals surface area contributed by atoms with Crippen LogP contribution >= 0.6 is 0 Å². The third-order valence-corrected chi connectivity index (χ3v) is 4.99. The Balaban J connectivity index is 1.68. The molecule has 4 rings (SSSR count). The average Bonchev–Trinajstić information content (AvgIpc) is 3.15. The van der Waals surface area contributed by atoms with E-state index in [0.717, 1.165) is 37.4 Å². The van der Waals surface area contributed by atoms with Gasteiger partial charge in [-0.15, -0.1) is 0 Å². The van der Waals surface area contributed by atoms with E-state index in [2.05, 4.69) is 37.3 Å². The highest BCUT2D eigenvalue weighted by Crippen LogP contribution is 2.30. The molecule has 1 aliphatic rings. The molecule has 0 saturated carbocycles. The topological polar surface area (TPSA) is 99.0 Å². The summed E-state index contributed by atoms with van der Waals surface area (Å²) < 4.78 is 13.2. The van der Waals surface area contributed by atoms with Crippen LogP contribution < -0.4 is 16.0 Å². The lowest BCUT2D eigenvalue weighted by Gasteiger charge is -2.34. The minimum absolute atomic E-state index is 0.269. The number of aromatic nitrogens is 4. The van der Waals surface area contributed by atoms with Crippen molar-refractivity contribution < 1.29 is 4.39 Å². The second-order valence-corrected chi connectivity index (χ2v) is 7.40. The van der Waals surface area contributed by atoms with Gasteiger partial charge in [0.2, 0.25) is 0 Å². The molecule has 3 heterocycles. The van der Waals surface area contributed by atoms with Crippen LogP contribution in [0.25, 0.3) is 12.2 Å². The van der Waals surface area contributed by atoms with Gasteiger partial charge in [-0.25, -0.2) is 14.4 Å². The van der Waals surface area contributed by atoms with Crippen molar-refractivity contribution in [1.82, 2.24) is 25.1 Å². The van der Waals surface area contributed by atoms with Crippen LogP contribution in [0.15, 0.2) is 30.3 Å². The smallest absolute Gasteiger partial charge is 0.161 e. The first-order valence-corrected chi connectivity index (χ1v) is 9.81. The third kappa shape index (κ3) is 4.57. The van der Waals surface area contributed by atoms with Crippen LogP contribution in [0.1, 0.15) is 17.1 Å². The number of nitrogens with one attached hydrogen (secondary N) is 2. The van der Waals surface area contributed by atoms with Crippen LogP contribution in [-0.2, 0) is 0 Å². The minimum atomic E-state index is -0.269. The molecule has 3 aromatic rings. The Labute approximate surface area is 174 Å². The number of hydrogen-bond donors (Lipinski definition) is 3. The number of nitrogens with two attached hydrogens (primary N) is 1. The summed E-state index contributed by atoms with van der Waals surface area (Å²) in [5.74, 6) is 2.08. The van der Waals surface area contributed by atoms with Crippen LogP contribution in [0.2, 0.25) is 0 Å². The van der Waals surface area contributed by atoms with E-state index in [9.17, 15) is 4.39 Å². The van der Waals surface area contributed by atoms with Crippen molar-refractivity contribution in [2.24, 2.45) is 0 Å². The number of benzene rings is 1. The molecule has 1 aliphatic heterocycles. The summed E-state index contributed by atoms with van der Waals surface area (Å²) in [6.45, 7) is 5.46. The van der Waals surface area contributed by atoms with E-state index in [0.29, 0.717) is 29.0 Å². The van der Waals surface area contributed by atoms with Gasteiger partial charge in [-0.3, -0.25) is 5.10 Å². The molecule has 0 aliphatic carbocycles. The van der Waals surface area contributed by atoms with Gasteiger partial charge in [-0.1, -0.05) is 18.2 Å². The van der Waals surface area contributed by atoms with Crippen molar-refractivity contribution in [3.05, 3.63) is 53.2 Å². The number of aromatic amines is 1. The molecule has 9 heteroatoms. The minimum Gasteiger partial charge on any atom is -0.393 e. The van der Waals surface area contributed by atoms with Gasteiger partial charge < -0.3 is 20.9 Å². The molecule has 2 aromatic heterocycles. The quantitative estimate of drug-likeness (QED) is 0.597. The lowest BCUT2D eigenvalue weighted by atomic mass is 10.2. The SMILES string of the molecule is Cc1cc(Nc2nc(C=Cc3ccc(F)cc3)nc(N3CCN(C)CC3)c2N)n[nH]1. The number of hydrogen-bond acceptors (Lipinski definition) is 7. The van der Waals surface area contributed by atoms with Crippen LogP contribution in [0.5, 0.6) is 0 Å². The van der Waals surface area contributed by atoms with Gasteiger partial charge in [-0.2, -0.15) is 5.10 Å². The number of likely N-dealkylation sites (N-methyl/N-ethyl adjacent to an activating group) is 1. The predicted octanol–water partition coefficient (Wildman–Crippen LogP) is 2.90. The first kappa shape index (κ1) is 19.8. The summed E-state index contributed by atoms with van der Waals surface area (Å²) in [7, 11) is 2.10. The van der Waals surface area contributed by atoms with Gasteiger partial charge in [0.15, 0.2) is 23.3 Å². The second kappa shape index (κ2) is 8.50. The van der Waals surface area contributed by atoms with Crippen LogP contribution in [0, 0.1) is 12.7 Å². The first-order chi connectivity index (χ1) is 14.5. The Morgan fingerprint density at radius 1 is 1.10 bits per heavy atom. The van der Waals surface area contributed by atoms with E-state index in [1.807, 2.05) is 19.1 Å². The number of nitrogen functional groups attached to an aromatic ring is 1. The van der Waals surface area contributed by atoms with Gasteiger partial charge in [0.05, 0.1) is 0 Å². The van der Waals surface area contributed by atoms with Crippen molar-refractivity contribution in [3.8, 4) is 0 Å². The Kier molecular flexibility index (Phi) is 5.62. The van der Waals surface area contributed by atoms with E-state index in [-0.39, 0.29) is 5.82 Å². The summed E-state index contributed by atoms with van der Waals surface area (Å²) in [4.78, 5) is 13.7. The summed E-state index contributed by atoms with van der Waals surface area (Å²) >= 11 is 0. The summed E-state index contributed by atoms with van der Waals surface area (Å²) in [5.41, 5.74) is 8.72. The van der Waals surface area contributed by atoms with E-state index in [1.165, 1.54) is 12.1 Å². The molecule has 156 valence electrons. The maximum atomic E-state index is 13.2. The number of halogens is 1. The fourth-order valence-electron chi connectivity index (χ4n) is 3.25. The zero-order chi connectivity index (χ0) is 21.1. The summed E-state index contributed by atoms with van der Waals surface area (Å²) in [6.07, 6.45) is 3.65. The highest BCUT2D eigenvalue weighted by atomic mass is 19.1. The molecule has 0 spiro atoms. The maximum Gasteiger partial charge on any atom is 0.161 e. The lowest BCUT2D eigenvalue weighted by Crippen LogP contribution is -2.45. The Bertz CT molecular complexity index is 1040. The van der Waals surface area contributed by atoms with Crippen molar-refractivity contribution in [2.45, 2.75) is 6.92 Å². The molecule has 30 heavy (non-hydrogen) atoms. The van der Waals surface area contributed by atoms with E-state index in [4.69, 9.17) is 10.7 Å². The molecule has 0 amide bonds. The van der Waals surface area contributed by atoms with Gasteiger partial charge >= 0.3 is 0 Å². The molecule has 1 saturated heterocycles. The Morgan fingerprint density at radius 3 is 2.50 bits per heavy atom. The monoisotopic (exact) mass is 408 g/mol. The first-order valence-electron chi connectivity index (χ1n) is 9.81. The van der Waals surface area contributed by atoms with Crippen molar-refractivity contribution in [2.75, 3.05) is 49.2 Å². The number of H-pyrrole nitrogens is 1. The normalized spacial score (nSPS) is 15.1. The average molecular weight is 408 g/mol. The molecule has 1 aromatic carbocycles. The number of nitrogens with zero attached hydrogens (tertiary/aromatic N) is 5. The molecule has 4 N–H and O–H groups in total. The molecular formula is C21H25FN8. The molecular weight excluding hydrogens is 383 g/mol. The largest absolute Gasteiger partial charge is 0.393 e.